The summed E-state index contributed by atoms with van der Waals surface area (Å²) in [6, 6.07) is 17.8. The lowest BCUT2D eigenvalue weighted by Crippen LogP contribution is -2.47. The predicted molar refractivity (Wildman–Crippen MR) is 140 cm³/mol. The molecule has 3 N–H and O–H groups in total. The first-order chi connectivity index (χ1) is 17.6. The fraction of sp³-hybridized carbons (Fsp3) is 0.185. The number of amides is 1. The molecule has 0 spiro atoms. The monoisotopic (exact) mass is 478 g/mol. The third-order valence-electron chi connectivity index (χ3n) is 6.55. The zero-order valence-corrected chi connectivity index (χ0v) is 19.9. The number of rotatable bonds is 5. The van der Waals surface area contributed by atoms with Crippen molar-refractivity contribution < 1.29 is 4.79 Å². The van der Waals surface area contributed by atoms with Crippen molar-refractivity contribution in [3.8, 4) is 22.5 Å². The largest absolute Gasteiger partial charge is 0.351 e. The fourth-order valence-corrected chi connectivity index (χ4v) is 4.43. The molecular formula is C27H26N8O. The van der Waals surface area contributed by atoms with Crippen molar-refractivity contribution in [2.75, 3.05) is 38.5 Å². The van der Waals surface area contributed by atoms with E-state index in [9.17, 15) is 4.79 Å². The van der Waals surface area contributed by atoms with E-state index in [-0.39, 0.29) is 5.91 Å². The molecule has 0 atom stereocenters. The van der Waals surface area contributed by atoms with Crippen LogP contribution in [0.3, 0.4) is 0 Å². The Morgan fingerprint density at radius 2 is 1.75 bits per heavy atom. The molecule has 0 unspecified atom stereocenters. The quantitative estimate of drug-likeness (QED) is 0.351. The number of nitrogens with one attached hydrogen (secondary N) is 3. The number of H-pyrrole nitrogens is 2. The number of anilines is 2. The van der Waals surface area contributed by atoms with E-state index in [0.29, 0.717) is 17.3 Å². The molecular weight excluding hydrogens is 452 g/mol. The zero-order valence-electron chi connectivity index (χ0n) is 19.9. The lowest BCUT2D eigenvalue weighted by atomic mass is 10.1. The van der Waals surface area contributed by atoms with Gasteiger partial charge in [0.05, 0.1) is 6.20 Å². The maximum Gasteiger partial charge on any atom is 0.270 e. The number of aromatic nitrogens is 5. The maximum atomic E-state index is 13.0. The van der Waals surface area contributed by atoms with Gasteiger partial charge >= 0.3 is 0 Å². The number of piperazine rings is 1. The topological polar surface area (TPSA) is 106 Å². The molecule has 5 aromatic rings. The van der Waals surface area contributed by atoms with Crippen molar-refractivity contribution >= 4 is 28.3 Å². The van der Waals surface area contributed by atoms with E-state index < -0.39 is 0 Å². The Morgan fingerprint density at radius 1 is 0.944 bits per heavy atom. The summed E-state index contributed by atoms with van der Waals surface area (Å²) in [6.07, 6.45) is 5.41. The zero-order chi connectivity index (χ0) is 24.5. The van der Waals surface area contributed by atoms with Crippen molar-refractivity contribution in [1.82, 2.24) is 34.9 Å². The number of benzene rings is 2. The van der Waals surface area contributed by atoms with Crippen molar-refractivity contribution in [2.45, 2.75) is 0 Å². The molecule has 36 heavy (non-hydrogen) atoms. The van der Waals surface area contributed by atoms with Gasteiger partial charge in [0.2, 0.25) is 0 Å². The van der Waals surface area contributed by atoms with E-state index in [4.69, 9.17) is 4.98 Å². The molecule has 0 saturated carbocycles. The molecule has 1 amide bonds. The summed E-state index contributed by atoms with van der Waals surface area (Å²) in [6.45, 7) is 3.28. The van der Waals surface area contributed by atoms with Gasteiger partial charge in [-0.25, -0.2) is 9.97 Å². The van der Waals surface area contributed by atoms with Crippen molar-refractivity contribution in [2.24, 2.45) is 0 Å². The molecule has 4 heterocycles. The molecule has 1 saturated heterocycles. The number of fused-ring (bicyclic) bond motifs is 1. The standard InChI is InChI=1S/C27H26N8O/c1-34-10-12-35(13-11-34)27(36)24-14-19-2-3-20(15-23(19)32-24)26-28-9-8-25(33-26)31-22-6-4-18(5-7-22)21-16-29-30-17-21/h2-9,14-17,32H,10-13H2,1H3,(H,29,30)(H,28,31,33). The SMILES string of the molecule is CN1CCN(C(=O)c2cc3ccc(-c4nccc(Nc5ccc(-c6cn[nH]c6)cc5)n4)cc3[nH]2)CC1. The second-order valence-electron chi connectivity index (χ2n) is 9.04. The Balaban J connectivity index is 1.20. The van der Waals surface area contributed by atoms with Crippen LogP contribution in [0.5, 0.6) is 0 Å². The van der Waals surface area contributed by atoms with Gasteiger partial charge in [-0.1, -0.05) is 24.3 Å². The minimum Gasteiger partial charge on any atom is -0.351 e. The molecule has 6 rings (SSSR count). The molecule has 0 bridgehead atoms. The summed E-state index contributed by atoms with van der Waals surface area (Å²) < 4.78 is 0. The molecule has 1 aliphatic rings. The van der Waals surface area contributed by atoms with E-state index in [1.165, 1.54) is 0 Å². The molecule has 1 aliphatic heterocycles. The van der Waals surface area contributed by atoms with Gasteiger partial charge in [-0.2, -0.15) is 5.10 Å². The van der Waals surface area contributed by atoms with Crippen LogP contribution >= 0.6 is 0 Å². The first-order valence-corrected chi connectivity index (χ1v) is 11.9. The Labute approximate surface area is 208 Å². The number of hydrogen-bond acceptors (Lipinski definition) is 6. The fourth-order valence-electron chi connectivity index (χ4n) is 4.43. The third kappa shape index (κ3) is 4.44. The van der Waals surface area contributed by atoms with Crippen LogP contribution in [-0.4, -0.2) is 74.1 Å². The lowest BCUT2D eigenvalue weighted by Gasteiger charge is -2.32. The van der Waals surface area contributed by atoms with Crippen LogP contribution in [-0.2, 0) is 0 Å². The van der Waals surface area contributed by atoms with Crippen LogP contribution in [0.4, 0.5) is 11.5 Å². The normalized spacial score (nSPS) is 14.3. The lowest BCUT2D eigenvalue weighted by molar-refractivity contribution is 0.0659. The van der Waals surface area contributed by atoms with Crippen LogP contribution in [0.1, 0.15) is 10.5 Å². The van der Waals surface area contributed by atoms with Crippen LogP contribution in [0, 0.1) is 0 Å². The highest BCUT2D eigenvalue weighted by Crippen LogP contribution is 2.26. The average Bonchev–Trinajstić information content (AvgIpc) is 3.59. The summed E-state index contributed by atoms with van der Waals surface area (Å²) in [4.78, 5) is 29.6. The minimum absolute atomic E-state index is 0.0436. The van der Waals surface area contributed by atoms with E-state index >= 15 is 0 Å². The molecule has 0 aliphatic carbocycles. The molecule has 180 valence electrons. The highest BCUT2D eigenvalue weighted by atomic mass is 16.2. The molecule has 9 heteroatoms. The van der Waals surface area contributed by atoms with Crippen LogP contribution in [0.2, 0.25) is 0 Å². The van der Waals surface area contributed by atoms with Gasteiger partial charge in [0.1, 0.15) is 11.5 Å². The number of nitrogens with zero attached hydrogens (tertiary/aromatic N) is 5. The number of aromatic amines is 2. The van der Waals surface area contributed by atoms with Gasteiger partial charge < -0.3 is 20.1 Å². The molecule has 0 radical (unpaired) electrons. The third-order valence-corrected chi connectivity index (χ3v) is 6.55. The van der Waals surface area contributed by atoms with Crippen LogP contribution < -0.4 is 5.32 Å². The van der Waals surface area contributed by atoms with Gasteiger partial charge in [-0.15, -0.1) is 0 Å². The van der Waals surface area contributed by atoms with Crippen LogP contribution in [0.25, 0.3) is 33.4 Å². The van der Waals surface area contributed by atoms with Gasteiger partial charge in [-0.05, 0) is 42.9 Å². The average molecular weight is 479 g/mol. The Morgan fingerprint density at radius 3 is 2.53 bits per heavy atom. The number of likely N-dealkylation sites (N-methyl/N-ethyl adjacent to an activating group) is 1. The first-order valence-electron chi connectivity index (χ1n) is 11.9. The highest BCUT2D eigenvalue weighted by molar-refractivity contribution is 5.98. The first kappa shape index (κ1) is 22.0. The molecule has 9 nitrogen and oxygen atoms in total. The maximum absolute atomic E-state index is 13.0. The summed E-state index contributed by atoms with van der Waals surface area (Å²) in [5, 5.41) is 11.2. The predicted octanol–water partition coefficient (Wildman–Crippen LogP) is 4.15. The Kier molecular flexibility index (Phi) is 5.67. The Bertz CT molecular complexity index is 1500. The summed E-state index contributed by atoms with van der Waals surface area (Å²) in [5.41, 5.74) is 5.44. The second-order valence-corrected chi connectivity index (χ2v) is 9.04. The number of carbonyl (C=O) groups is 1. The molecule has 1 fully saturated rings. The number of carbonyl (C=O) groups excluding carboxylic acids is 1. The summed E-state index contributed by atoms with van der Waals surface area (Å²) >= 11 is 0. The van der Waals surface area contributed by atoms with Gasteiger partial charge in [0.25, 0.3) is 5.91 Å². The van der Waals surface area contributed by atoms with Crippen molar-refractivity contribution in [3.63, 3.8) is 0 Å². The van der Waals surface area contributed by atoms with E-state index in [0.717, 1.165) is 59.5 Å². The van der Waals surface area contributed by atoms with E-state index in [1.807, 2.05) is 65.7 Å². The van der Waals surface area contributed by atoms with E-state index in [1.54, 1.807) is 12.4 Å². The van der Waals surface area contributed by atoms with Crippen molar-refractivity contribution in [3.05, 3.63) is 78.9 Å². The molecule has 2 aromatic carbocycles. The number of hydrogen-bond donors (Lipinski definition) is 3. The highest BCUT2D eigenvalue weighted by Gasteiger charge is 2.21. The van der Waals surface area contributed by atoms with Crippen molar-refractivity contribution in [1.29, 1.82) is 0 Å². The smallest absolute Gasteiger partial charge is 0.270 e. The summed E-state index contributed by atoms with van der Waals surface area (Å²) in [5.74, 6) is 1.36. The second kappa shape index (κ2) is 9.27. The van der Waals surface area contributed by atoms with Gasteiger partial charge in [0.15, 0.2) is 5.82 Å². The van der Waals surface area contributed by atoms with Crippen LogP contribution in [0.15, 0.2) is 73.2 Å². The molecule has 3 aromatic heterocycles. The van der Waals surface area contributed by atoms with E-state index in [2.05, 4.69) is 37.4 Å². The minimum atomic E-state index is 0.0436. The Hall–Kier alpha value is -4.50. The van der Waals surface area contributed by atoms with Gasteiger partial charge in [-0.3, -0.25) is 9.89 Å². The summed E-state index contributed by atoms with van der Waals surface area (Å²) in [7, 11) is 2.08. The van der Waals surface area contributed by atoms with Gasteiger partial charge in [0, 0.05) is 66.3 Å².